The fourth-order valence-corrected chi connectivity index (χ4v) is 3.13. The van der Waals surface area contributed by atoms with Crippen LogP contribution in [0.4, 0.5) is 0 Å². The molecule has 2 unspecified atom stereocenters. The summed E-state index contributed by atoms with van der Waals surface area (Å²) >= 11 is 0. The van der Waals surface area contributed by atoms with Crippen molar-refractivity contribution in [3.8, 4) is 0 Å². The number of unbranched alkanes of at least 4 members (excludes halogenated alkanes) is 1. The van der Waals surface area contributed by atoms with Gasteiger partial charge in [-0.25, -0.2) is 0 Å². The topological polar surface area (TPSA) is 63.3 Å². The molecule has 1 saturated carbocycles. The summed E-state index contributed by atoms with van der Waals surface area (Å²) < 4.78 is 0. The molecule has 0 saturated heterocycles. The van der Waals surface area contributed by atoms with Crippen LogP contribution in [0.2, 0.25) is 0 Å². The van der Waals surface area contributed by atoms with Crippen LogP contribution in [0.15, 0.2) is 0 Å². The van der Waals surface area contributed by atoms with E-state index in [1.807, 2.05) is 0 Å². The lowest BCUT2D eigenvalue weighted by atomic mass is 9.90. The highest BCUT2D eigenvalue weighted by molar-refractivity contribution is 5.70. The second-order valence-corrected chi connectivity index (χ2v) is 6.05. The molecule has 0 aromatic carbocycles. The Morgan fingerprint density at radius 2 is 2.00 bits per heavy atom. The zero-order valence-corrected chi connectivity index (χ0v) is 11.7. The molecular formula is C15H29NO2. The average molecular weight is 255 g/mol. The molecular weight excluding hydrogens is 226 g/mol. The van der Waals surface area contributed by atoms with Crippen LogP contribution in [0.1, 0.15) is 64.7 Å². The van der Waals surface area contributed by atoms with E-state index in [9.17, 15) is 4.79 Å². The number of carboxylic acid groups (broad SMARTS) is 1. The molecule has 0 aromatic rings. The molecule has 0 heterocycles. The molecule has 1 rings (SSSR count). The smallest absolute Gasteiger partial charge is 0.307 e. The maximum Gasteiger partial charge on any atom is 0.307 e. The highest BCUT2D eigenvalue weighted by Gasteiger charge is 2.19. The highest BCUT2D eigenvalue weighted by atomic mass is 16.4. The molecule has 0 aliphatic heterocycles. The van der Waals surface area contributed by atoms with Gasteiger partial charge in [-0.15, -0.1) is 0 Å². The first-order chi connectivity index (χ1) is 8.63. The number of hydrogen-bond donors (Lipinski definition) is 2. The fraction of sp³-hybridized carbons (Fsp3) is 0.933. The molecule has 18 heavy (non-hydrogen) atoms. The number of aliphatic carboxylic acids is 1. The molecule has 106 valence electrons. The van der Waals surface area contributed by atoms with Crippen LogP contribution in [0.25, 0.3) is 0 Å². The zero-order chi connectivity index (χ0) is 13.4. The van der Waals surface area contributed by atoms with Crippen molar-refractivity contribution in [3.63, 3.8) is 0 Å². The van der Waals surface area contributed by atoms with Crippen LogP contribution in [-0.4, -0.2) is 17.6 Å². The number of rotatable bonds is 9. The Morgan fingerprint density at radius 1 is 1.33 bits per heavy atom. The van der Waals surface area contributed by atoms with Gasteiger partial charge >= 0.3 is 5.97 Å². The summed E-state index contributed by atoms with van der Waals surface area (Å²) in [5.74, 6) is 0.375. The Kier molecular flexibility index (Phi) is 7.33. The third kappa shape index (κ3) is 5.85. The first-order valence-corrected chi connectivity index (χ1v) is 7.56. The van der Waals surface area contributed by atoms with Crippen LogP contribution in [0, 0.1) is 17.8 Å². The van der Waals surface area contributed by atoms with E-state index in [2.05, 4.69) is 6.92 Å². The lowest BCUT2D eigenvalue weighted by Crippen LogP contribution is -2.25. The summed E-state index contributed by atoms with van der Waals surface area (Å²) in [7, 11) is 0. The van der Waals surface area contributed by atoms with Crippen molar-refractivity contribution in [2.24, 2.45) is 23.5 Å². The Labute approximate surface area is 111 Å². The predicted molar refractivity (Wildman–Crippen MR) is 74.4 cm³/mol. The normalized spacial score (nSPS) is 19.9. The Hall–Kier alpha value is -0.570. The van der Waals surface area contributed by atoms with Crippen molar-refractivity contribution >= 4 is 5.97 Å². The number of carboxylic acids is 1. The van der Waals surface area contributed by atoms with Gasteiger partial charge in [0, 0.05) is 6.54 Å². The summed E-state index contributed by atoms with van der Waals surface area (Å²) in [6.45, 7) is 2.42. The first-order valence-electron chi connectivity index (χ1n) is 7.56. The molecule has 0 spiro atoms. The van der Waals surface area contributed by atoms with Gasteiger partial charge in [-0.1, -0.05) is 58.3 Å². The summed E-state index contributed by atoms with van der Waals surface area (Å²) in [4.78, 5) is 10.9. The Morgan fingerprint density at radius 3 is 2.56 bits per heavy atom. The van der Waals surface area contributed by atoms with Gasteiger partial charge in [-0.2, -0.15) is 0 Å². The average Bonchev–Trinajstić information content (AvgIpc) is 2.84. The number of nitrogens with two attached hydrogens (primary N) is 1. The number of carbonyl (C=O) groups is 1. The van der Waals surface area contributed by atoms with E-state index in [4.69, 9.17) is 10.8 Å². The van der Waals surface area contributed by atoms with Gasteiger partial charge < -0.3 is 10.8 Å². The first kappa shape index (κ1) is 15.5. The maximum atomic E-state index is 10.9. The van der Waals surface area contributed by atoms with Gasteiger partial charge in [0.05, 0.1) is 5.92 Å². The highest BCUT2D eigenvalue weighted by Crippen LogP contribution is 2.29. The molecule has 0 aromatic heterocycles. The molecule has 1 fully saturated rings. The van der Waals surface area contributed by atoms with Crippen molar-refractivity contribution in [3.05, 3.63) is 0 Å². The molecule has 3 heteroatoms. The summed E-state index contributed by atoms with van der Waals surface area (Å²) in [6.07, 6.45) is 11.5. The second-order valence-electron chi connectivity index (χ2n) is 6.05. The van der Waals surface area contributed by atoms with E-state index >= 15 is 0 Å². The minimum absolute atomic E-state index is 0.266. The van der Waals surface area contributed by atoms with Crippen LogP contribution in [-0.2, 0) is 4.79 Å². The second kappa shape index (κ2) is 8.52. The van der Waals surface area contributed by atoms with E-state index in [0.29, 0.717) is 5.92 Å². The van der Waals surface area contributed by atoms with E-state index in [1.165, 1.54) is 44.9 Å². The van der Waals surface area contributed by atoms with Crippen molar-refractivity contribution in [2.45, 2.75) is 64.7 Å². The van der Waals surface area contributed by atoms with Crippen LogP contribution >= 0.6 is 0 Å². The quantitative estimate of drug-likeness (QED) is 0.620. The summed E-state index contributed by atoms with van der Waals surface area (Å²) in [5, 5.41) is 8.96. The predicted octanol–water partition coefficient (Wildman–Crippen LogP) is 3.42. The Bertz CT molecular complexity index is 237. The SMILES string of the molecule is CC(CCCCC1CCCC1)CC(CN)C(=O)O. The van der Waals surface area contributed by atoms with Gasteiger partial charge in [0.1, 0.15) is 0 Å². The third-order valence-corrected chi connectivity index (χ3v) is 4.35. The summed E-state index contributed by atoms with van der Waals surface area (Å²) in [5.41, 5.74) is 5.48. The van der Waals surface area contributed by atoms with Gasteiger partial charge in [0.15, 0.2) is 0 Å². The van der Waals surface area contributed by atoms with Crippen molar-refractivity contribution in [1.29, 1.82) is 0 Å². The molecule has 0 bridgehead atoms. The van der Waals surface area contributed by atoms with Crippen molar-refractivity contribution < 1.29 is 9.90 Å². The zero-order valence-electron chi connectivity index (χ0n) is 11.7. The van der Waals surface area contributed by atoms with E-state index in [1.54, 1.807) is 0 Å². The lowest BCUT2D eigenvalue weighted by molar-refractivity contribution is -0.141. The fourth-order valence-electron chi connectivity index (χ4n) is 3.13. The molecule has 0 radical (unpaired) electrons. The van der Waals surface area contributed by atoms with Gasteiger partial charge in [-0.3, -0.25) is 4.79 Å². The van der Waals surface area contributed by atoms with E-state index in [-0.39, 0.29) is 12.5 Å². The van der Waals surface area contributed by atoms with Gasteiger partial charge in [0.2, 0.25) is 0 Å². The molecule has 3 nitrogen and oxygen atoms in total. The van der Waals surface area contributed by atoms with Crippen LogP contribution in [0.3, 0.4) is 0 Å². The van der Waals surface area contributed by atoms with Crippen LogP contribution in [0.5, 0.6) is 0 Å². The lowest BCUT2D eigenvalue weighted by Gasteiger charge is -2.16. The Balaban J connectivity index is 2.05. The largest absolute Gasteiger partial charge is 0.481 e. The summed E-state index contributed by atoms with van der Waals surface area (Å²) in [6, 6.07) is 0. The molecule has 0 amide bonds. The molecule has 2 atom stereocenters. The van der Waals surface area contributed by atoms with E-state index in [0.717, 1.165) is 18.8 Å². The van der Waals surface area contributed by atoms with Crippen molar-refractivity contribution in [1.82, 2.24) is 0 Å². The minimum atomic E-state index is -0.740. The monoisotopic (exact) mass is 255 g/mol. The van der Waals surface area contributed by atoms with Crippen LogP contribution < -0.4 is 5.73 Å². The van der Waals surface area contributed by atoms with Gasteiger partial charge in [-0.05, 0) is 18.3 Å². The standard InChI is InChI=1S/C15H29NO2/c1-12(10-14(11-16)15(17)18)6-2-3-7-13-8-4-5-9-13/h12-14H,2-11,16H2,1H3,(H,17,18). The molecule has 1 aliphatic rings. The maximum absolute atomic E-state index is 10.9. The molecule has 3 N–H and O–H groups in total. The third-order valence-electron chi connectivity index (χ3n) is 4.35. The van der Waals surface area contributed by atoms with E-state index < -0.39 is 5.97 Å². The molecule has 1 aliphatic carbocycles. The van der Waals surface area contributed by atoms with Crippen molar-refractivity contribution in [2.75, 3.05) is 6.54 Å². The minimum Gasteiger partial charge on any atom is -0.481 e. The van der Waals surface area contributed by atoms with Gasteiger partial charge in [0.25, 0.3) is 0 Å². The number of hydrogen-bond acceptors (Lipinski definition) is 2.